The molecule has 0 unspecified atom stereocenters. The number of benzene rings is 1. The first-order valence-electron chi connectivity index (χ1n) is 7.14. The van der Waals surface area contributed by atoms with E-state index in [2.05, 4.69) is 0 Å². The van der Waals surface area contributed by atoms with Gasteiger partial charge in [-0.2, -0.15) is 0 Å². The summed E-state index contributed by atoms with van der Waals surface area (Å²) in [6, 6.07) is 5.63. The molecule has 2 atom stereocenters. The Hall–Kier alpha value is -2.01. The molecular formula is C16H19NO4. The van der Waals surface area contributed by atoms with Crippen molar-refractivity contribution in [1.29, 1.82) is 0 Å². The predicted octanol–water partition coefficient (Wildman–Crippen LogP) is 2.06. The Balaban J connectivity index is 1.66. The van der Waals surface area contributed by atoms with Crippen LogP contribution in [0.15, 0.2) is 24.3 Å². The van der Waals surface area contributed by atoms with Crippen molar-refractivity contribution < 1.29 is 19.0 Å². The number of fused-ring (bicyclic) bond motifs is 1. The Morgan fingerprint density at radius 3 is 2.67 bits per heavy atom. The van der Waals surface area contributed by atoms with E-state index in [0.717, 1.165) is 17.1 Å². The van der Waals surface area contributed by atoms with Crippen LogP contribution in [0.1, 0.15) is 19.4 Å². The number of nitrogens with zero attached hydrogens (tertiary/aromatic N) is 1. The van der Waals surface area contributed by atoms with E-state index in [1.807, 2.05) is 36.9 Å². The quantitative estimate of drug-likeness (QED) is 0.782. The van der Waals surface area contributed by atoms with Gasteiger partial charge in [0, 0.05) is 19.2 Å². The van der Waals surface area contributed by atoms with E-state index in [4.69, 9.17) is 14.2 Å². The summed E-state index contributed by atoms with van der Waals surface area (Å²) in [5.41, 5.74) is 0.918. The molecule has 1 fully saturated rings. The van der Waals surface area contributed by atoms with Crippen LogP contribution in [0.4, 0.5) is 0 Å². The van der Waals surface area contributed by atoms with Gasteiger partial charge in [-0.3, -0.25) is 4.79 Å². The second kappa shape index (κ2) is 5.77. The van der Waals surface area contributed by atoms with Crippen molar-refractivity contribution in [2.45, 2.75) is 26.1 Å². The van der Waals surface area contributed by atoms with Crippen LogP contribution in [0.25, 0.3) is 6.08 Å². The molecule has 0 bridgehead atoms. The topological polar surface area (TPSA) is 48.0 Å². The monoisotopic (exact) mass is 289 g/mol. The minimum absolute atomic E-state index is 0.00895. The smallest absolute Gasteiger partial charge is 0.246 e. The highest BCUT2D eigenvalue weighted by molar-refractivity contribution is 5.92. The van der Waals surface area contributed by atoms with Gasteiger partial charge < -0.3 is 19.1 Å². The van der Waals surface area contributed by atoms with E-state index in [-0.39, 0.29) is 24.9 Å². The summed E-state index contributed by atoms with van der Waals surface area (Å²) in [6.45, 7) is 5.49. The van der Waals surface area contributed by atoms with Crippen molar-refractivity contribution in [1.82, 2.24) is 4.90 Å². The van der Waals surface area contributed by atoms with Gasteiger partial charge in [0.1, 0.15) is 0 Å². The lowest BCUT2D eigenvalue weighted by molar-refractivity contribution is -0.137. The maximum atomic E-state index is 12.2. The lowest BCUT2D eigenvalue weighted by atomic mass is 10.1. The molecule has 0 aliphatic carbocycles. The van der Waals surface area contributed by atoms with E-state index in [9.17, 15) is 4.79 Å². The molecule has 1 saturated heterocycles. The second-order valence-electron chi connectivity index (χ2n) is 5.45. The van der Waals surface area contributed by atoms with Crippen LogP contribution < -0.4 is 9.47 Å². The van der Waals surface area contributed by atoms with Gasteiger partial charge in [0.05, 0.1) is 12.2 Å². The third-order valence-electron chi connectivity index (χ3n) is 3.55. The molecule has 1 aromatic carbocycles. The number of amides is 1. The Kier molecular flexibility index (Phi) is 3.84. The van der Waals surface area contributed by atoms with Crippen molar-refractivity contribution in [3.63, 3.8) is 0 Å². The van der Waals surface area contributed by atoms with Crippen LogP contribution in [0.2, 0.25) is 0 Å². The summed E-state index contributed by atoms with van der Waals surface area (Å²) in [5.74, 6) is 1.47. The molecule has 0 radical (unpaired) electrons. The molecule has 2 aliphatic heterocycles. The summed E-state index contributed by atoms with van der Waals surface area (Å²) in [4.78, 5) is 14.0. The maximum absolute atomic E-state index is 12.2. The number of ether oxygens (including phenoxy) is 3. The van der Waals surface area contributed by atoms with Crippen molar-refractivity contribution in [2.24, 2.45) is 0 Å². The van der Waals surface area contributed by atoms with Crippen LogP contribution in [-0.2, 0) is 9.53 Å². The fourth-order valence-corrected chi connectivity index (χ4v) is 2.65. The molecular weight excluding hydrogens is 270 g/mol. The predicted molar refractivity (Wildman–Crippen MR) is 78.2 cm³/mol. The van der Waals surface area contributed by atoms with Gasteiger partial charge in [0.15, 0.2) is 11.5 Å². The standard InChI is InChI=1S/C16H19NO4/c1-11-8-17(9-12(2)21-11)16(18)6-4-13-3-5-14-15(7-13)20-10-19-14/h3-7,11-12H,8-10H2,1-2H3/b6-4+/t11-,12-/m1/s1. The Bertz CT molecular complexity index is 559. The van der Waals surface area contributed by atoms with E-state index in [0.29, 0.717) is 13.1 Å². The normalized spacial score (nSPS) is 24.6. The summed E-state index contributed by atoms with van der Waals surface area (Å²) in [7, 11) is 0. The summed E-state index contributed by atoms with van der Waals surface area (Å²) < 4.78 is 16.2. The number of carbonyl (C=O) groups excluding carboxylic acids is 1. The first-order valence-corrected chi connectivity index (χ1v) is 7.14. The molecule has 5 nitrogen and oxygen atoms in total. The molecule has 2 aliphatic rings. The lowest BCUT2D eigenvalue weighted by Gasteiger charge is -2.34. The van der Waals surface area contributed by atoms with Gasteiger partial charge in [-0.15, -0.1) is 0 Å². The minimum Gasteiger partial charge on any atom is -0.454 e. The number of hydrogen-bond acceptors (Lipinski definition) is 4. The van der Waals surface area contributed by atoms with Crippen molar-refractivity contribution in [2.75, 3.05) is 19.9 Å². The molecule has 21 heavy (non-hydrogen) atoms. The average Bonchev–Trinajstić information content (AvgIpc) is 2.91. The third kappa shape index (κ3) is 3.19. The molecule has 0 aromatic heterocycles. The third-order valence-corrected chi connectivity index (χ3v) is 3.55. The van der Waals surface area contributed by atoms with Crippen LogP contribution in [0, 0.1) is 0 Å². The van der Waals surface area contributed by atoms with Crippen molar-refractivity contribution in [3.8, 4) is 11.5 Å². The van der Waals surface area contributed by atoms with Crippen LogP contribution >= 0.6 is 0 Å². The average molecular weight is 289 g/mol. The maximum Gasteiger partial charge on any atom is 0.246 e. The SMILES string of the molecule is C[C@@H]1CN(C(=O)/C=C/c2ccc3c(c2)OCO3)C[C@@H](C)O1. The van der Waals surface area contributed by atoms with E-state index in [1.165, 1.54) is 0 Å². The van der Waals surface area contributed by atoms with Crippen LogP contribution in [0.5, 0.6) is 11.5 Å². The first-order chi connectivity index (χ1) is 10.1. The fraction of sp³-hybridized carbons (Fsp3) is 0.438. The Morgan fingerprint density at radius 2 is 1.90 bits per heavy atom. The molecule has 3 rings (SSSR count). The van der Waals surface area contributed by atoms with E-state index >= 15 is 0 Å². The zero-order valence-electron chi connectivity index (χ0n) is 12.2. The second-order valence-corrected chi connectivity index (χ2v) is 5.45. The van der Waals surface area contributed by atoms with Crippen LogP contribution in [-0.4, -0.2) is 42.9 Å². The summed E-state index contributed by atoms with van der Waals surface area (Å²) in [6.07, 6.45) is 3.56. The van der Waals surface area contributed by atoms with E-state index < -0.39 is 0 Å². The zero-order valence-corrected chi connectivity index (χ0v) is 12.2. The highest BCUT2D eigenvalue weighted by atomic mass is 16.7. The highest BCUT2D eigenvalue weighted by Gasteiger charge is 2.24. The van der Waals surface area contributed by atoms with Gasteiger partial charge >= 0.3 is 0 Å². The highest BCUT2D eigenvalue weighted by Crippen LogP contribution is 2.32. The van der Waals surface area contributed by atoms with Crippen LogP contribution in [0.3, 0.4) is 0 Å². The van der Waals surface area contributed by atoms with Gasteiger partial charge in [0.2, 0.25) is 12.7 Å². The largest absolute Gasteiger partial charge is 0.454 e. The van der Waals surface area contributed by atoms with Gasteiger partial charge in [-0.05, 0) is 37.6 Å². The molecule has 1 aromatic rings. The zero-order chi connectivity index (χ0) is 14.8. The molecule has 1 amide bonds. The molecule has 2 heterocycles. The lowest BCUT2D eigenvalue weighted by Crippen LogP contribution is -2.47. The summed E-state index contributed by atoms with van der Waals surface area (Å²) >= 11 is 0. The number of hydrogen-bond donors (Lipinski definition) is 0. The summed E-state index contributed by atoms with van der Waals surface area (Å²) in [5, 5.41) is 0. The van der Waals surface area contributed by atoms with Gasteiger partial charge in [0.25, 0.3) is 0 Å². The van der Waals surface area contributed by atoms with Crippen molar-refractivity contribution in [3.05, 3.63) is 29.8 Å². The minimum atomic E-state index is 0.00895. The molecule has 0 N–H and O–H groups in total. The van der Waals surface area contributed by atoms with Gasteiger partial charge in [-0.1, -0.05) is 6.07 Å². The molecule has 0 spiro atoms. The first kappa shape index (κ1) is 13.9. The molecule has 112 valence electrons. The molecule has 0 saturated carbocycles. The number of rotatable bonds is 2. The van der Waals surface area contributed by atoms with E-state index in [1.54, 1.807) is 12.2 Å². The van der Waals surface area contributed by atoms with Gasteiger partial charge in [-0.25, -0.2) is 0 Å². The number of carbonyl (C=O) groups is 1. The Morgan fingerprint density at radius 1 is 1.19 bits per heavy atom. The fourth-order valence-electron chi connectivity index (χ4n) is 2.65. The van der Waals surface area contributed by atoms with Crippen molar-refractivity contribution >= 4 is 12.0 Å². The molecule has 5 heteroatoms. The Labute approximate surface area is 124 Å². The number of morpholine rings is 1.